The third-order valence-corrected chi connectivity index (χ3v) is 2.85. The van der Waals surface area contributed by atoms with Gasteiger partial charge in [-0.1, -0.05) is 17.9 Å². The Kier molecular flexibility index (Phi) is 4.00. The summed E-state index contributed by atoms with van der Waals surface area (Å²) in [7, 11) is 0. The Morgan fingerprint density at radius 1 is 0.955 bits per heavy atom. The Balaban J connectivity index is 2.50. The molecule has 6 nitrogen and oxygen atoms in total. The second kappa shape index (κ2) is 5.89. The quantitative estimate of drug-likeness (QED) is 0.493. The van der Waals surface area contributed by atoms with Crippen molar-refractivity contribution in [3.8, 4) is 11.8 Å². The molecule has 0 unspecified atom stereocenters. The topological polar surface area (TPSA) is 127 Å². The summed E-state index contributed by atoms with van der Waals surface area (Å²) < 4.78 is 0. The Bertz CT molecular complexity index is 832. The van der Waals surface area contributed by atoms with E-state index in [1.54, 1.807) is 6.07 Å². The van der Waals surface area contributed by atoms with E-state index in [1.807, 2.05) is 0 Å². The van der Waals surface area contributed by atoms with Gasteiger partial charge in [-0.25, -0.2) is 9.59 Å². The van der Waals surface area contributed by atoms with E-state index >= 15 is 0 Å². The number of nitrogen functional groups attached to an aromatic ring is 2. The van der Waals surface area contributed by atoms with Gasteiger partial charge < -0.3 is 21.7 Å². The molecule has 2 aromatic carbocycles. The Labute approximate surface area is 126 Å². The summed E-state index contributed by atoms with van der Waals surface area (Å²) in [5, 5.41) is 18.1. The van der Waals surface area contributed by atoms with Crippen LogP contribution in [0.2, 0.25) is 0 Å². The average Bonchev–Trinajstić information content (AvgIpc) is 2.44. The molecule has 0 saturated carbocycles. The number of rotatable bonds is 2. The van der Waals surface area contributed by atoms with Crippen molar-refractivity contribution in [2.45, 2.75) is 0 Å². The number of carbonyl (C=O) groups is 2. The lowest BCUT2D eigenvalue weighted by atomic mass is 10.0. The monoisotopic (exact) mass is 296 g/mol. The van der Waals surface area contributed by atoms with Gasteiger partial charge in [0.2, 0.25) is 0 Å². The second-order valence-electron chi connectivity index (χ2n) is 4.47. The van der Waals surface area contributed by atoms with E-state index in [4.69, 9.17) is 21.7 Å². The molecule has 0 atom stereocenters. The maximum atomic E-state index is 11.2. The van der Waals surface area contributed by atoms with Crippen molar-refractivity contribution in [2.75, 3.05) is 11.5 Å². The fourth-order valence-electron chi connectivity index (χ4n) is 1.90. The minimum Gasteiger partial charge on any atom is -0.478 e. The Morgan fingerprint density at radius 3 is 2.32 bits per heavy atom. The van der Waals surface area contributed by atoms with Gasteiger partial charge in [-0.2, -0.15) is 0 Å². The van der Waals surface area contributed by atoms with Crippen molar-refractivity contribution in [2.24, 2.45) is 0 Å². The minimum absolute atomic E-state index is 0.00957. The molecule has 0 saturated heterocycles. The van der Waals surface area contributed by atoms with Gasteiger partial charge in [0.15, 0.2) is 0 Å². The molecular weight excluding hydrogens is 284 g/mol. The molecule has 0 aromatic heterocycles. The highest BCUT2D eigenvalue weighted by Gasteiger charge is 2.12. The standard InChI is InChI=1S/C16H12N2O4/c17-12-7-9(6-11(8-12)15(19)20)4-5-10-2-1-3-13(18)14(10)16(21)22/h1-3,6-8H,17-18H2,(H,19,20)(H,21,22). The zero-order valence-corrected chi connectivity index (χ0v) is 11.3. The molecule has 0 amide bonds. The molecule has 110 valence electrons. The first-order chi connectivity index (χ1) is 10.4. The number of carboxylic acid groups (broad SMARTS) is 2. The molecule has 0 aliphatic carbocycles. The van der Waals surface area contributed by atoms with E-state index in [9.17, 15) is 9.59 Å². The molecule has 0 radical (unpaired) electrons. The molecule has 6 N–H and O–H groups in total. The first kappa shape index (κ1) is 14.9. The summed E-state index contributed by atoms with van der Waals surface area (Å²) in [6.07, 6.45) is 0. The lowest BCUT2D eigenvalue weighted by Gasteiger charge is -2.03. The zero-order valence-electron chi connectivity index (χ0n) is 11.3. The molecule has 0 aliphatic heterocycles. The molecule has 6 heteroatoms. The Hall–Kier alpha value is -3.46. The number of nitrogens with two attached hydrogens (primary N) is 2. The van der Waals surface area contributed by atoms with Crippen LogP contribution in [0.4, 0.5) is 11.4 Å². The molecule has 0 fully saturated rings. The molecule has 0 aliphatic rings. The van der Waals surface area contributed by atoms with E-state index in [0.29, 0.717) is 5.56 Å². The van der Waals surface area contributed by atoms with Crippen molar-refractivity contribution in [1.29, 1.82) is 0 Å². The van der Waals surface area contributed by atoms with Gasteiger partial charge in [0.25, 0.3) is 0 Å². The van der Waals surface area contributed by atoms with Crippen LogP contribution in [0.25, 0.3) is 0 Å². The van der Waals surface area contributed by atoms with Crippen LogP contribution in [0.1, 0.15) is 31.8 Å². The van der Waals surface area contributed by atoms with E-state index in [1.165, 1.54) is 30.3 Å². The van der Waals surface area contributed by atoms with E-state index in [-0.39, 0.29) is 28.1 Å². The number of aromatic carboxylic acids is 2. The van der Waals surface area contributed by atoms with Crippen molar-refractivity contribution in [1.82, 2.24) is 0 Å². The number of benzene rings is 2. The van der Waals surface area contributed by atoms with Gasteiger partial charge in [0, 0.05) is 22.5 Å². The van der Waals surface area contributed by atoms with E-state index < -0.39 is 11.9 Å². The summed E-state index contributed by atoms with van der Waals surface area (Å²) in [6.45, 7) is 0. The highest BCUT2D eigenvalue weighted by Crippen LogP contribution is 2.17. The van der Waals surface area contributed by atoms with Gasteiger partial charge in [-0.05, 0) is 30.3 Å². The van der Waals surface area contributed by atoms with Crippen LogP contribution in [-0.2, 0) is 0 Å². The van der Waals surface area contributed by atoms with Gasteiger partial charge in [0.05, 0.1) is 11.1 Å². The van der Waals surface area contributed by atoms with Crippen LogP contribution >= 0.6 is 0 Å². The predicted molar refractivity (Wildman–Crippen MR) is 81.6 cm³/mol. The van der Waals surface area contributed by atoms with Crippen molar-refractivity contribution in [3.63, 3.8) is 0 Å². The maximum Gasteiger partial charge on any atom is 0.339 e. The predicted octanol–water partition coefficient (Wildman–Crippen LogP) is 1.65. The zero-order chi connectivity index (χ0) is 16.3. The molecule has 0 spiro atoms. The summed E-state index contributed by atoms with van der Waals surface area (Å²) in [5.41, 5.74) is 12.2. The molecule has 2 aromatic rings. The number of hydrogen-bond donors (Lipinski definition) is 4. The van der Waals surface area contributed by atoms with Crippen molar-refractivity contribution in [3.05, 3.63) is 58.7 Å². The third kappa shape index (κ3) is 3.16. The van der Waals surface area contributed by atoms with Gasteiger partial charge in [0.1, 0.15) is 0 Å². The van der Waals surface area contributed by atoms with Gasteiger partial charge >= 0.3 is 11.9 Å². The van der Waals surface area contributed by atoms with Crippen LogP contribution in [0.5, 0.6) is 0 Å². The van der Waals surface area contributed by atoms with Crippen LogP contribution in [-0.4, -0.2) is 22.2 Å². The third-order valence-electron chi connectivity index (χ3n) is 2.85. The second-order valence-corrected chi connectivity index (χ2v) is 4.47. The fraction of sp³-hybridized carbons (Fsp3) is 0. The van der Waals surface area contributed by atoms with Crippen molar-refractivity contribution >= 4 is 23.3 Å². The molecular formula is C16H12N2O4. The van der Waals surface area contributed by atoms with Crippen molar-refractivity contribution < 1.29 is 19.8 Å². The largest absolute Gasteiger partial charge is 0.478 e. The van der Waals surface area contributed by atoms with Gasteiger partial charge in [-0.15, -0.1) is 0 Å². The van der Waals surface area contributed by atoms with Crippen LogP contribution < -0.4 is 11.5 Å². The van der Waals surface area contributed by atoms with Crippen LogP contribution in [0.15, 0.2) is 36.4 Å². The maximum absolute atomic E-state index is 11.2. The lowest BCUT2D eigenvalue weighted by Crippen LogP contribution is -2.05. The summed E-state index contributed by atoms with van der Waals surface area (Å²) in [6, 6.07) is 8.77. The Morgan fingerprint density at radius 2 is 1.68 bits per heavy atom. The lowest BCUT2D eigenvalue weighted by molar-refractivity contribution is 0.0686. The molecule has 2 rings (SSSR count). The first-order valence-electron chi connectivity index (χ1n) is 6.16. The molecule has 0 heterocycles. The first-order valence-corrected chi connectivity index (χ1v) is 6.16. The molecule has 22 heavy (non-hydrogen) atoms. The fourth-order valence-corrected chi connectivity index (χ4v) is 1.90. The van der Waals surface area contributed by atoms with E-state index in [2.05, 4.69) is 11.8 Å². The highest BCUT2D eigenvalue weighted by molar-refractivity contribution is 5.96. The van der Waals surface area contributed by atoms with Crippen LogP contribution in [0, 0.1) is 11.8 Å². The SMILES string of the molecule is Nc1cc(C#Cc2cccc(N)c2C(=O)O)cc(C(=O)O)c1. The number of anilines is 2. The number of carboxylic acids is 2. The smallest absolute Gasteiger partial charge is 0.339 e. The van der Waals surface area contributed by atoms with E-state index in [0.717, 1.165) is 0 Å². The van der Waals surface area contributed by atoms with Gasteiger partial charge in [-0.3, -0.25) is 0 Å². The average molecular weight is 296 g/mol. The summed E-state index contributed by atoms with van der Waals surface area (Å²) >= 11 is 0. The number of hydrogen-bond acceptors (Lipinski definition) is 4. The molecule has 0 bridgehead atoms. The minimum atomic E-state index is -1.18. The highest BCUT2D eigenvalue weighted by atomic mass is 16.4. The summed E-state index contributed by atoms with van der Waals surface area (Å²) in [5.74, 6) is 3.09. The summed E-state index contributed by atoms with van der Waals surface area (Å²) in [4.78, 5) is 22.2. The van der Waals surface area contributed by atoms with Crippen LogP contribution in [0.3, 0.4) is 0 Å². The normalized spacial score (nSPS) is 9.64.